The van der Waals surface area contributed by atoms with E-state index in [9.17, 15) is 19.2 Å². The van der Waals surface area contributed by atoms with E-state index in [1.807, 2.05) is 44.3 Å². The van der Waals surface area contributed by atoms with Crippen LogP contribution >= 0.6 is 11.6 Å². The Balaban J connectivity index is 0.000000171. The van der Waals surface area contributed by atoms with Gasteiger partial charge in [-0.3, -0.25) is 14.4 Å². The first-order valence-electron chi connectivity index (χ1n) is 17.2. The number of hydrogen-bond acceptors (Lipinski definition) is 6. The maximum Gasteiger partial charge on any atom is 0.415 e. The summed E-state index contributed by atoms with van der Waals surface area (Å²) in [6.45, 7) is 8.86. The summed E-state index contributed by atoms with van der Waals surface area (Å²) in [6, 6.07) is 1.86. The van der Waals surface area contributed by atoms with Crippen LogP contribution in [0.4, 0.5) is 10.5 Å². The zero-order chi connectivity index (χ0) is 34.6. The Labute approximate surface area is 290 Å². The number of likely N-dealkylation sites (tertiary alicyclic amines) is 1. The summed E-state index contributed by atoms with van der Waals surface area (Å²) in [5, 5.41) is 4.04. The number of aromatic amines is 2. The van der Waals surface area contributed by atoms with Crippen molar-refractivity contribution in [2.24, 2.45) is 16.7 Å². The molecule has 49 heavy (non-hydrogen) atoms. The molecule has 3 atom stereocenters. The van der Waals surface area contributed by atoms with Crippen LogP contribution in [0, 0.1) is 30.6 Å². The minimum atomic E-state index is -0.425. The second kappa shape index (κ2) is 11.0. The Morgan fingerprint density at radius 3 is 2.57 bits per heavy atom. The van der Waals surface area contributed by atoms with Gasteiger partial charge in [-0.2, -0.15) is 0 Å². The molecule has 3 aromatic rings. The van der Waals surface area contributed by atoms with Gasteiger partial charge in [-0.1, -0.05) is 6.92 Å². The molecule has 258 valence electrons. The minimum Gasteiger partial charge on any atom is -0.408 e. The number of aromatic nitrogens is 2. The highest BCUT2D eigenvalue weighted by atomic mass is 35.5. The number of benzene rings is 1. The van der Waals surface area contributed by atoms with E-state index in [4.69, 9.17) is 16.3 Å². The van der Waals surface area contributed by atoms with E-state index >= 15 is 0 Å². The molecule has 1 saturated heterocycles. The Kier molecular flexibility index (Phi) is 7.18. The molecule has 2 aliphatic heterocycles. The zero-order valence-electron chi connectivity index (χ0n) is 28.7. The summed E-state index contributed by atoms with van der Waals surface area (Å²) in [6.07, 6.45) is 9.87. The largest absolute Gasteiger partial charge is 0.415 e. The third-order valence-electron chi connectivity index (χ3n) is 12.1. The molecule has 3 N–H and O–H groups in total. The fourth-order valence-corrected chi connectivity index (χ4v) is 10.2. The quantitative estimate of drug-likeness (QED) is 0.234. The Morgan fingerprint density at radius 2 is 1.90 bits per heavy atom. The molecule has 2 aromatic heterocycles. The number of H-pyrrole nitrogens is 2. The lowest BCUT2D eigenvalue weighted by Gasteiger charge is -2.68. The van der Waals surface area contributed by atoms with Crippen LogP contribution in [0.5, 0.6) is 5.75 Å². The van der Waals surface area contributed by atoms with Gasteiger partial charge in [-0.15, -0.1) is 11.6 Å². The first-order valence-corrected chi connectivity index (χ1v) is 17.7. The van der Waals surface area contributed by atoms with Crippen molar-refractivity contribution in [3.8, 4) is 5.75 Å². The molecule has 11 nitrogen and oxygen atoms in total. The average Bonchev–Trinajstić information content (AvgIpc) is 3.42. The SMILES string of the molecule is CNCCN(C)C(=O)Oc1cc2c(c3c(C)c[nH]c13)C(CCl)CN2C(=O)C12CC(C)(C1)C2.Cc1c[nH]c2c1C13CC1CN(C=O)C3=CC2=O. The van der Waals surface area contributed by atoms with Gasteiger partial charge >= 0.3 is 6.09 Å². The van der Waals surface area contributed by atoms with Gasteiger partial charge in [0.2, 0.25) is 18.1 Å². The predicted molar refractivity (Wildman–Crippen MR) is 186 cm³/mol. The van der Waals surface area contributed by atoms with Crippen molar-refractivity contribution in [2.75, 3.05) is 51.1 Å². The highest BCUT2D eigenvalue weighted by molar-refractivity contribution is 6.19. The third kappa shape index (κ3) is 4.50. The summed E-state index contributed by atoms with van der Waals surface area (Å²) < 4.78 is 5.83. The molecule has 5 fully saturated rings. The number of alkyl halides is 1. The lowest BCUT2D eigenvalue weighted by Crippen LogP contribution is -2.66. The number of ketones is 1. The number of fused-ring (bicyclic) bond motifs is 4. The van der Waals surface area contributed by atoms with Gasteiger partial charge in [0, 0.05) is 86.1 Å². The molecular formula is C37H43ClN6O5. The van der Waals surface area contributed by atoms with Crippen LogP contribution in [0.25, 0.3) is 10.9 Å². The Bertz CT molecular complexity index is 1960. The van der Waals surface area contributed by atoms with Gasteiger partial charge in [0.25, 0.3) is 0 Å². The molecule has 2 bridgehead atoms. The Hall–Kier alpha value is -4.09. The number of hydrogen-bond donors (Lipinski definition) is 3. The number of carbonyl (C=O) groups excluding carboxylic acids is 4. The maximum atomic E-state index is 13.6. The average molecular weight is 687 g/mol. The van der Waals surface area contributed by atoms with Crippen molar-refractivity contribution in [3.05, 3.63) is 58.2 Å². The number of aryl methyl sites for hydroxylation is 2. The first-order chi connectivity index (χ1) is 23.4. The van der Waals surface area contributed by atoms with Gasteiger partial charge in [0.05, 0.1) is 22.3 Å². The van der Waals surface area contributed by atoms with E-state index in [0.29, 0.717) is 42.6 Å². The van der Waals surface area contributed by atoms with E-state index < -0.39 is 6.09 Å². The number of nitrogens with one attached hydrogen (secondary N) is 3. The number of rotatable bonds is 7. The van der Waals surface area contributed by atoms with Gasteiger partial charge in [0.1, 0.15) is 0 Å². The number of piperidine rings is 1. The van der Waals surface area contributed by atoms with Gasteiger partial charge in [-0.05, 0) is 80.2 Å². The maximum absolute atomic E-state index is 13.6. The second-order valence-electron chi connectivity index (χ2n) is 15.6. The molecule has 12 heteroatoms. The number of amides is 3. The summed E-state index contributed by atoms with van der Waals surface area (Å²) in [5.74, 6) is 1.64. The van der Waals surface area contributed by atoms with Crippen molar-refractivity contribution < 1.29 is 23.9 Å². The van der Waals surface area contributed by atoms with Crippen molar-refractivity contribution in [1.29, 1.82) is 0 Å². The summed E-state index contributed by atoms with van der Waals surface area (Å²) in [7, 11) is 3.56. The van der Waals surface area contributed by atoms with Gasteiger partial charge in [0.15, 0.2) is 5.75 Å². The standard InChI is InChI=1S/C24H31ClN4O3.C13H12N2O2/c1-14-9-27-20-17(32-22(31)28(4)6-5-26-3)7-16-19(18(14)20)15(8-25)10-29(16)21(30)24-11-23(2,12-24)13-24;1-7-4-14-12-9(17)2-10-13(11(7)12)3-8(13)5-15(10)6-16/h7,9,15,26-27H,5-6,8,10-13H2,1-4H3;2,4,6,8,14H,3,5H2,1H3. The fraction of sp³-hybridized carbons (Fsp3) is 0.514. The van der Waals surface area contributed by atoms with E-state index in [0.717, 1.165) is 88.9 Å². The molecule has 1 aromatic carbocycles. The summed E-state index contributed by atoms with van der Waals surface area (Å²) in [5.41, 5.74) is 7.77. The van der Waals surface area contributed by atoms with E-state index in [-0.39, 0.29) is 28.4 Å². The van der Waals surface area contributed by atoms with Crippen LogP contribution in [0.1, 0.15) is 71.3 Å². The third-order valence-corrected chi connectivity index (χ3v) is 12.5. The number of ether oxygens (including phenoxy) is 1. The van der Waals surface area contributed by atoms with Crippen molar-refractivity contribution in [2.45, 2.75) is 57.8 Å². The fourth-order valence-electron chi connectivity index (χ4n) is 9.95. The zero-order valence-corrected chi connectivity index (χ0v) is 29.4. The van der Waals surface area contributed by atoms with Crippen LogP contribution in [0.15, 0.2) is 30.2 Å². The van der Waals surface area contributed by atoms with Crippen LogP contribution in [0.3, 0.4) is 0 Å². The van der Waals surface area contributed by atoms with E-state index in [1.165, 1.54) is 0 Å². The molecule has 4 heterocycles. The normalized spacial score (nSPS) is 29.4. The topological polar surface area (TPSA) is 131 Å². The minimum absolute atomic E-state index is 0.00637. The van der Waals surface area contributed by atoms with Crippen molar-refractivity contribution >= 4 is 52.4 Å². The van der Waals surface area contributed by atoms with Gasteiger partial charge < -0.3 is 34.7 Å². The molecule has 3 unspecified atom stereocenters. The lowest BCUT2D eigenvalue weighted by atomic mass is 9.35. The van der Waals surface area contributed by atoms with Crippen LogP contribution < -0.4 is 15.0 Å². The van der Waals surface area contributed by atoms with Crippen LogP contribution in [-0.4, -0.2) is 90.1 Å². The molecule has 10 rings (SSSR count). The molecule has 4 saturated carbocycles. The number of nitrogens with zero attached hydrogens (tertiary/aromatic N) is 3. The number of allylic oxidation sites excluding steroid dienone is 2. The van der Waals surface area contributed by atoms with E-state index in [2.05, 4.69) is 22.2 Å². The lowest BCUT2D eigenvalue weighted by molar-refractivity contribution is -0.196. The highest BCUT2D eigenvalue weighted by Crippen LogP contribution is 2.74. The van der Waals surface area contributed by atoms with Crippen LogP contribution in [0.2, 0.25) is 0 Å². The molecular weight excluding hydrogens is 644 g/mol. The van der Waals surface area contributed by atoms with Crippen LogP contribution in [-0.2, 0) is 15.0 Å². The first kappa shape index (κ1) is 32.1. The molecule has 1 spiro atoms. The van der Waals surface area contributed by atoms with Crippen molar-refractivity contribution in [1.82, 2.24) is 25.1 Å². The molecule has 7 aliphatic rings. The smallest absolute Gasteiger partial charge is 0.408 e. The molecule has 3 amide bonds. The summed E-state index contributed by atoms with van der Waals surface area (Å²) >= 11 is 6.39. The number of anilines is 1. The van der Waals surface area contributed by atoms with Gasteiger partial charge in [-0.25, -0.2) is 4.79 Å². The molecule has 0 radical (unpaired) electrons. The van der Waals surface area contributed by atoms with Crippen molar-refractivity contribution in [3.63, 3.8) is 0 Å². The highest BCUT2D eigenvalue weighted by Gasteiger charge is 2.70. The molecule has 5 aliphatic carbocycles. The Morgan fingerprint density at radius 1 is 1.16 bits per heavy atom. The summed E-state index contributed by atoms with van der Waals surface area (Å²) in [4.78, 5) is 60.9. The predicted octanol–water partition coefficient (Wildman–Crippen LogP) is 5.12. The number of halogens is 1. The number of carbonyl (C=O) groups is 4. The number of likely N-dealkylation sites (N-methyl/N-ethyl adjacent to an activating group) is 2. The monoisotopic (exact) mass is 686 g/mol. The second-order valence-corrected chi connectivity index (χ2v) is 15.9. The van der Waals surface area contributed by atoms with E-state index in [1.54, 1.807) is 22.9 Å².